The number of aryl methyl sites for hydroxylation is 1. The van der Waals surface area contributed by atoms with Crippen LogP contribution in [-0.4, -0.2) is 45.2 Å². The molecular weight excluding hydrogens is 370 g/mol. The second-order valence-corrected chi connectivity index (χ2v) is 8.09. The number of amides is 2. The summed E-state index contributed by atoms with van der Waals surface area (Å²) in [7, 11) is -0.777. The van der Waals surface area contributed by atoms with Crippen LogP contribution in [0.5, 0.6) is 5.75 Å². The van der Waals surface area contributed by atoms with E-state index < -0.39 is 21.8 Å². The average molecular weight is 391 g/mol. The summed E-state index contributed by atoms with van der Waals surface area (Å²) in [5.41, 5.74) is 6.13. The van der Waals surface area contributed by atoms with Crippen molar-refractivity contribution in [1.29, 1.82) is 0 Å². The number of nitrogens with two attached hydrogens (primary N) is 1. The number of rotatable bonds is 7. The van der Waals surface area contributed by atoms with E-state index in [2.05, 4.69) is 5.32 Å². The van der Waals surface area contributed by atoms with Gasteiger partial charge in [-0.05, 0) is 36.8 Å². The van der Waals surface area contributed by atoms with Gasteiger partial charge in [-0.15, -0.1) is 0 Å². The Labute approximate surface area is 158 Å². The minimum atomic E-state index is -3.65. The Morgan fingerprint density at radius 2 is 1.81 bits per heavy atom. The number of hydrogen-bond acceptors (Lipinski definition) is 5. The lowest BCUT2D eigenvalue weighted by atomic mass is 10.1. The fourth-order valence-corrected chi connectivity index (χ4v) is 3.42. The molecule has 0 unspecified atom stereocenters. The molecule has 2 aromatic carbocycles. The van der Waals surface area contributed by atoms with Gasteiger partial charge in [-0.25, -0.2) is 12.7 Å². The predicted octanol–water partition coefficient (Wildman–Crippen LogP) is 1.36. The van der Waals surface area contributed by atoms with Crippen LogP contribution >= 0.6 is 0 Å². The Bertz CT molecular complexity index is 971. The minimum Gasteiger partial charge on any atom is -0.483 e. The van der Waals surface area contributed by atoms with Crippen molar-refractivity contribution in [3.63, 3.8) is 0 Å². The van der Waals surface area contributed by atoms with Gasteiger partial charge < -0.3 is 15.8 Å². The zero-order valence-electron chi connectivity index (χ0n) is 15.2. The lowest BCUT2D eigenvalue weighted by Gasteiger charge is -2.15. The standard InChI is InChI=1S/C18H21N3O5S/c1-12-8-9-13(10-16(12)27(24,25)21(2)3)20-18(23)14-6-4-5-7-15(14)26-11-17(19)22/h4-10H,11H2,1-3H3,(H2,19,22)(H,20,23). The normalized spacial score (nSPS) is 11.3. The minimum absolute atomic E-state index is 0.101. The number of nitrogens with one attached hydrogen (secondary N) is 1. The van der Waals surface area contributed by atoms with Crippen LogP contribution in [0.4, 0.5) is 5.69 Å². The number of para-hydroxylation sites is 1. The van der Waals surface area contributed by atoms with Crippen LogP contribution in [0.25, 0.3) is 0 Å². The summed E-state index contributed by atoms with van der Waals surface area (Å²) < 4.78 is 31.2. The molecule has 2 amide bonds. The van der Waals surface area contributed by atoms with Crippen LogP contribution in [0.2, 0.25) is 0 Å². The summed E-state index contributed by atoms with van der Waals surface area (Å²) in [5.74, 6) is -0.976. The highest BCUT2D eigenvalue weighted by atomic mass is 32.2. The van der Waals surface area contributed by atoms with Crippen LogP contribution in [0.15, 0.2) is 47.4 Å². The number of ether oxygens (including phenoxy) is 1. The molecule has 0 bridgehead atoms. The fourth-order valence-electron chi connectivity index (χ4n) is 2.28. The second kappa shape index (κ2) is 8.19. The second-order valence-electron chi connectivity index (χ2n) is 5.97. The SMILES string of the molecule is Cc1ccc(NC(=O)c2ccccc2OCC(N)=O)cc1S(=O)(=O)N(C)C. The third-order valence-corrected chi connectivity index (χ3v) is 5.66. The maximum absolute atomic E-state index is 12.6. The monoisotopic (exact) mass is 391 g/mol. The highest BCUT2D eigenvalue weighted by Crippen LogP contribution is 2.24. The molecule has 8 nitrogen and oxygen atoms in total. The molecular formula is C18H21N3O5S. The first-order valence-corrected chi connectivity index (χ1v) is 9.41. The van der Waals surface area contributed by atoms with Gasteiger partial charge in [-0.1, -0.05) is 18.2 Å². The molecule has 27 heavy (non-hydrogen) atoms. The highest BCUT2D eigenvalue weighted by molar-refractivity contribution is 7.89. The number of sulfonamides is 1. The molecule has 2 aromatic rings. The van der Waals surface area contributed by atoms with Gasteiger partial charge in [0.1, 0.15) is 5.75 Å². The first-order chi connectivity index (χ1) is 12.6. The Kier molecular flexibility index (Phi) is 6.19. The Balaban J connectivity index is 2.31. The zero-order chi connectivity index (χ0) is 20.2. The van der Waals surface area contributed by atoms with E-state index in [9.17, 15) is 18.0 Å². The van der Waals surface area contributed by atoms with Crippen LogP contribution in [0.3, 0.4) is 0 Å². The summed E-state index contributed by atoms with van der Waals surface area (Å²) in [5, 5.41) is 2.65. The van der Waals surface area contributed by atoms with Gasteiger partial charge in [0, 0.05) is 19.8 Å². The van der Waals surface area contributed by atoms with Crippen LogP contribution in [-0.2, 0) is 14.8 Å². The molecule has 0 aliphatic carbocycles. The summed E-state index contributed by atoms with van der Waals surface area (Å²) >= 11 is 0. The van der Waals surface area contributed by atoms with Crippen molar-refractivity contribution in [3.8, 4) is 5.75 Å². The summed E-state index contributed by atoms with van der Waals surface area (Å²) in [6.45, 7) is 1.31. The van der Waals surface area contributed by atoms with Crippen molar-refractivity contribution < 1.29 is 22.7 Å². The van der Waals surface area contributed by atoms with Crippen molar-refractivity contribution in [3.05, 3.63) is 53.6 Å². The van der Waals surface area contributed by atoms with Gasteiger partial charge in [0.2, 0.25) is 10.0 Å². The van der Waals surface area contributed by atoms with Gasteiger partial charge >= 0.3 is 0 Å². The van der Waals surface area contributed by atoms with E-state index in [1.165, 1.54) is 32.3 Å². The number of anilines is 1. The molecule has 0 aliphatic heterocycles. The first kappa shape index (κ1) is 20.4. The number of primary amides is 1. The topological polar surface area (TPSA) is 119 Å². The number of carbonyl (C=O) groups is 2. The van der Waals surface area contributed by atoms with Gasteiger partial charge in [0.25, 0.3) is 11.8 Å². The molecule has 0 aromatic heterocycles. The fraction of sp³-hybridized carbons (Fsp3) is 0.222. The van der Waals surface area contributed by atoms with Crippen molar-refractivity contribution in [2.24, 2.45) is 5.73 Å². The molecule has 0 fully saturated rings. The number of carbonyl (C=O) groups excluding carboxylic acids is 2. The number of hydrogen-bond donors (Lipinski definition) is 2. The summed E-state index contributed by atoms with van der Waals surface area (Å²) in [6.07, 6.45) is 0. The van der Waals surface area contributed by atoms with Crippen LogP contribution in [0, 0.1) is 6.92 Å². The third-order valence-electron chi connectivity index (χ3n) is 3.71. The molecule has 3 N–H and O–H groups in total. The van der Waals surface area contributed by atoms with E-state index in [-0.39, 0.29) is 22.8 Å². The largest absolute Gasteiger partial charge is 0.483 e. The van der Waals surface area contributed by atoms with Gasteiger partial charge in [-0.3, -0.25) is 9.59 Å². The van der Waals surface area contributed by atoms with Crippen LogP contribution < -0.4 is 15.8 Å². The Morgan fingerprint density at radius 1 is 1.15 bits per heavy atom. The summed E-state index contributed by atoms with van der Waals surface area (Å²) in [6, 6.07) is 11.0. The third kappa shape index (κ3) is 4.83. The van der Waals surface area contributed by atoms with Crippen molar-refractivity contribution >= 4 is 27.5 Å². The molecule has 0 saturated heterocycles. The molecule has 0 aliphatic rings. The van der Waals surface area contributed by atoms with Gasteiger partial charge in [0.15, 0.2) is 6.61 Å². The lowest BCUT2D eigenvalue weighted by Crippen LogP contribution is -2.23. The van der Waals surface area contributed by atoms with Gasteiger partial charge in [-0.2, -0.15) is 0 Å². The van der Waals surface area contributed by atoms with Crippen molar-refractivity contribution in [2.45, 2.75) is 11.8 Å². The van der Waals surface area contributed by atoms with Gasteiger partial charge in [0.05, 0.1) is 10.5 Å². The molecule has 144 valence electrons. The lowest BCUT2D eigenvalue weighted by molar-refractivity contribution is -0.119. The van der Waals surface area contributed by atoms with Crippen molar-refractivity contribution in [2.75, 3.05) is 26.0 Å². The Hall–Kier alpha value is -2.91. The molecule has 0 heterocycles. The van der Waals surface area contributed by atoms with Crippen LogP contribution in [0.1, 0.15) is 15.9 Å². The molecule has 0 spiro atoms. The molecule has 9 heteroatoms. The number of benzene rings is 2. The smallest absolute Gasteiger partial charge is 0.259 e. The first-order valence-electron chi connectivity index (χ1n) is 7.97. The quantitative estimate of drug-likeness (QED) is 0.739. The summed E-state index contributed by atoms with van der Waals surface area (Å²) in [4.78, 5) is 23.6. The maximum atomic E-state index is 12.6. The number of nitrogens with zero attached hydrogens (tertiary/aromatic N) is 1. The zero-order valence-corrected chi connectivity index (χ0v) is 16.0. The van der Waals surface area contributed by atoms with E-state index >= 15 is 0 Å². The van der Waals surface area contributed by atoms with E-state index in [0.717, 1.165) is 4.31 Å². The maximum Gasteiger partial charge on any atom is 0.259 e. The highest BCUT2D eigenvalue weighted by Gasteiger charge is 2.21. The van der Waals surface area contributed by atoms with Crippen molar-refractivity contribution in [1.82, 2.24) is 4.31 Å². The Morgan fingerprint density at radius 3 is 2.44 bits per heavy atom. The molecule has 2 rings (SSSR count). The molecule has 0 saturated carbocycles. The molecule has 0 atom stereocenters. The average Bonchev–Trinajstić information content (AvgIpc) is 2.61. The van der Waals surface area contributed by atoms with E-state index in [1.54, 1.807) is 31.2 Å². The van der Waals surface area contributed by atoms with E-state index in [0.29, 0.717) is 11.3 Å². The van der Waals surface area contributed by atoms with E-state index in [4.69, 9.17) is 10.5 Å². The predicted molar refractivity (Wildman–Crippen MR) is 101 cm³/mol. The van der Waals surface area contributed by atoms with E-state index in [1.807, 2.05) is 0 Å². The molecule has 0 radical (unpaired) electrons.